The molecule has 2 atom stereocenters. The summed E-state index contributed by atoms with van der Waals surface area (Å²) in [5.41, 5.74) is 0. The van der Waals surface area contributed by atoms with Crippen molar-refractivity contribution in [1.29, 1.82) is 0 Å². The Kier molecular flexibility index (Phi) is 2.27. The van der Waals surface area contributed by atoms with Crippen molar-refractivity contribution in [3.8, 4) is 0 Å². The highest BCUT2D eigenvalue weighted by atomic mass is 32.2. The summed E-state index contributed by atoms with van der Waals surface area (Å²) >= 11 is 0. The minimum Gasteiger partial charge on any atom is -0.336 e. The van der Waals surface area contributed by atoms with Crippen molar-refractivity contribution in [3.63, 3.8) is 0 Å². The average molecular weight is 218 g/mol. The van der Waals surface area contributed by atoms with Crippen LogP contribution in [-0.4, -0.2) is 56.4 Å². The van der Waals surface area contributed by atoms with Gasteiger partial charge in [0.1, 0.15) is 5.25 Å². The van der Waals surface area contributed by atoms with E-state index in [4.69, 9.17) is 0 Å². The predicted octanol–water partition coefficient (Wildman–Crippen LogP) is -1.40. The second-order valence-electron chi connectivity index (χ2n) is 3.84. The van der Waals surface area contributed by atoms with Gasteiger partial charge in [-0.25, -0.2) is 8.42 Å². The fourth-order valence-electron chi connectivity index (χ4n) is 2.21. The maximum Gasteiger partial charge on any atom is 0.241 e. The van der Waals surface area contributed by atoms with E-state index in [-0.39, 0.29) is 17.7 Å². The number of likely N-dealkylation sites (N-methyl/N-ethyl adjacent to an activating group) is 1. The molecular weight excluding hydrogens is 204 g/mol. The van der Waals surface area contributed by atoms with Crippen LogP contribution in [0, 0.1) is 0 Å². The Hall–Kier alpha value is -0.620. The van der Waals surface area contributed by atoms with E-state index < -0.39 is 15.1 Å². The lowest BCUT2D eigenvalue weighted by Gasteiger charge is -2.26. The monoisotopic (exact) mass is 218 g/mol. The van der Waals surface area contributed by atoms with Gasteiger partial charge in [0.15, 0.2) is 9.84 Å². The van der Waals surface area contributed by atoms with Crippen molar-refractivity contribution < 1.29 is 13.2 Å². The van der Waals surface area contributed by atoms with E-state index in [0.717, 1.165) is 6.54 Å². The summed E-state index contributed by atoms with van der Waals surface area (Å²) in [6.07, 6.45) is 0.505. The fraction of sp³-hybridized carbons (Fsp3) is 0.875. The number of nitrogens with one attached hydrogen (secondary N) is 1. The van der Waals surface area contributed by atoms with Crippen molar-refractivity contribution >= 4 is 15.7 Å². The average Bonchev–Trinajstić information content (AvgIpc) is 2.55. The third kappa shape index (κ3) is 1.33. The molecule has 2 aliphatic heterocycles. The summed E-state index contributed by atoms with van der Waals surface area (Å²) in [6.45, 7) is 1.33. The smallest absolute Gasteiger partial charge is 0.241 e. The third-order valence-corrected chi connectivity index (χ3v) is 5.06. The Bertz CT molecular complexity index is 352. The van der Waals surface area contributed by atoms with Crippen LogP contribution in [0.3, 0.4) is 0 Å². The van der Waals surface area contributed by atoms with Crippen LogP contribution in [0.15, 0.2) is 0 Å². The zero-order valence-electron chi connectivity index (χ0n) is 8.06. The largest absolute Gasteiger partial charge is 0.336 e. The number of amides is 1. The highest BCUT2D eigenvalue weighted by Crippen LogP contribution is 2.33. The Morgan fingerprint density at radius 1 is 1.57 bits per heavy atom. The summed E-state index contributed by atoms with van der Waals surface area (Å²) in [6, 6.07) is -0.0640. The highest BCUT2D eigenvalue weighted by Gasteiger charge is 2.53. The van der Waals surface area contributed by atoms with Crippen molar-refractivity contribution in [2.75, 3.05) is 25.9 Å². The van der Waals surface area contributed by atoms with Gasteiger partial charge in [-0.2, -0.15) is 0 Å². The van der Waals surface area contributed by atoms with Gasteiger partial charge in [0.25, 0.3) is 0 Å². The van der Waals surface area contributed by atoms with Crippen LogP contribution >= 0.6 is 0 Å². The molecule has 2 heterocycles. The third-order valence-electron chi connectivity index (χ3n) is 2.95. The predicted molar refractivity (Wildman–Crippen MR) is 51.6 cm³/mol. The molecule has 0 aromatic rings. The maximum atomic E-state index is 11.6. The first kappa shape index (κ1) is 9.92. The lowest BCUT2D eigenvalue weighted by molar-refractivity contribution is -0.128. The molecule has 0 aliphatic carbocycles. The number of nitrogens with zero attached hydrogens (tertiary/aromatic N) is 1. The number of likely N-dealkylation sites (tertiary alicyclic amines) is 1. The molecule has 0 aromatic carbocycles. The second-order valence-corrected chi connectivity index (χ2v) is 6.07. The van der Waals surface area contributed by atoms with Crippen molar-refractivity contribution in [1.82, 2.24) is 10.2 Å². The van der Waals surface area contributed by atoms with E-state index in [9.17, 15) is 13.2 Å². The highest BCUT2D eigenvalue weighted by molar-refractivity contribution is 7.93. The molecule has 0 spiro atoms. The van der Waals surface area contributed by atoms with Gasteiger partial charge in [0.2, 0.25) is 5.91 Å². The SMILES string of the molecule is CNCCN1C(=O)C2CC1CS2(=O)=O. The molecule has 1 amide bonds. The van der Waals surface area contributed by atoms with E-state index in [1.165, 1.54) is 0 Å². The van der Waals surface area contributed by atoms with Crippen LogP contribution in [-0.2, 0) is 14.6 Å². The molecule has 0 aromatic heterocycles. The van der Waals surface area contributed by atoms with Gasteiger partial charge in [-0.15, -0.1) is 0 Å². The van der Waals surface area contributed by atoms with Crippen LogP contribution < -0.4 is 5.32 Å². The Labute approximate surface area is 83.4 Å². The molecule has 80 valence electrons. The molecule has 2 fully saturated rings. The Morgan fingerprint density at radius 3 is 2.79 bits per heavy atom. The van der Waals surface area contributed by atoms with Crippen LogP contribution in [0.5, 0.6) is 0 Å². The minimum absolute atomic E-state index is 0.0640. The minimum atomic E-state index is -3.11. The van der Waals surface area contributed by atoms with E-state index in [1.807, 2.05) is 7.05 Å². The maximum absolute atomic E-state index is 11.6. The molecule has 2 unspecified atom stereocenters. The summed E-state index contributed by atoms with van der Waals surface area (Å²) in [4.78, 5) is 13.3. The number of hydrogen-bond acceptors (Lipinski definition) is 4. The zero-order valence-corrected chi connectivity index (χ0v) is 8.88. The number of rotatable bonds is 3. The van der Waals surface area contributed by atoms with Gasteiger partial charge in [-0.1, -0.05) is 0 Å². The normalized spacial score (nSPS) is 34.1. The van der Waals surface area contributed by atoms with E-state index in [1.54, 1.807) is 4.90 Å². The van der Waals surface area contributed by atoms with Crippen molar-refractivity contribution in [3.05, 3.63) is 0 Å². The quantitative estimate of drug-likeness (QED) is 0.633. The van der Waals surface area contributed by atoms with Crippen LogP contribution in [0.1, 0.15) is 6.42 Å². The van der Waals surface area contributed by atoms with Crippen LogP contribution in [0.25, 0.3) is 0 Å². The standard InChI is InChI=1S/C8H14N2O3S/c1-9-2-3-10-6-4-7(8(10)11)14(12,13)5-6/h6-7,9H,2-5H2,1H3. The fourth-order valence-corrected chi connectivity index (χ4v) is 4.25. The van der Waals surface area contributed by atoms with E-state index >= 15 is 0 Å². The van der Waals surface area contributed by atoms with Crippen LogP contribution in [0.4, 0.5) is 0 Å². The van der Waals surface area contributed by atoms with Gasteiger partial charge in [-0.05, 0) is 13.5 Å². The zero-order chi connectivity index (χ0) is 10.3. The number of hydrogen-bond donors (Lipinski definition) is 1. The van der Waals surface area contributed by atoms with Gasteiger partial charge >= 0.3 is 0 Å². The Morgan fingerprint density at radius 2 is 2.29 bits per heavy atom. The molecule has 0 saturated carbocycles. The molecular formula is C8H14N2O3S. The second kappa shape index (κ2) is 3.20. The molecule has 6 heteroatoms. The number of carbonyl (C=O) groups is 1. The molecule has 2 saturated heterocycles. The van der Waals surface area contributed by atoms with E-state index in [0.29, 0.717) is 13.0 Å². The Balaban J connectivity index is 2.11. The van der Waals surface area contributed by atoms with Gasteiger partial charge in [-0.3, -0.25) is 4.79 Å². The first-order valence-electron chi connectivity index (χ1n) is 4.73. The first-order valence-corrected chi connectivity index (χ1v) is 6.44. The first-order chi connectivity index (χ1) is 6.56. The molecule has 14 heavy (non-hydrogen) atoms. The lowest BCUT2D eigenvalue weighted by atomic mass is 10.2. The summed E-state index contributed by atoms with van der Waals surface area (Å²) in [5, 5.41) is 2.22. The molecule has 2 aliphatic rings. The lowest BCUT2D eigenvalue weighted by Crippen LogP contribution is -2.47. The van der Waals surface area contributed by atoms with Crippen molar-refractivity contribution in [2.24, 2.45) is 0 Å². The number of fused-ring (bicyclic) bond motifs is 2. The van der Waals surface area contributed by atoms with Gasteiger partial charge in [0, 0.05) is 19.1 Å². The van der Waals surface area contributed by atoms with Crippen molar-refractivity contribution in [2.45, 2.75) is 17.7 Å². The summed E-state index contributed by atoms with van der Waals surface area (Å²) in [5.74, 6) is -0.0378. The van der Waals surface area contributed by atoms with Crippen LogP contribution in [0.2, 0.25) is 0 Å². The topological polar surface area (TPSA) is 66.5 Å². The van der Waals surface area contributed by atoms with Gasteiger partial charge in [0.05, 0.1) is 5.75 Å². The number of sulfone groups is 1. The molecule has 2 rings (SSSR count). The van der Waals surface area contributed by atoms with Gasteiger partial charge < -0.3 is 10.2 Å². The molecule has 5 nitrogen and oxygen atoms in total. The molecule has 1 N–H and O–H groups in total. The number of carbonyl (C=O) groups excluding carboxylic acids is 1. The molecule has 0 radical (unpaired) electrons. The van der Waals surface area contributed by atoms with E-state index in [2.05, 4.69) is 5.32 Å². The summed E-state index contributed by atoms with van der Waals surface area (Å²) in [7, 11) is -1.29. The summed E-state index contributed by atoms with van der Waals surface area (Å²) < 4.78 is 22.8. The molecule has 2 bridgehead atoms.